The van der Waals surface area contributed by atoms with E-state index in [1.165, 1.54) is 50.5 Å². The van der Waals surface area contributed by atoms with E-state index in [9.17, 15) is 4.39 Å². The van der Waals surface area contributed by atoms with Gasteiger partial charge in [-0.3, -0.25) is 0 Å². The Morgan fingerprint density at radius 3 is 2.46 bits per heavy atom. The smallest absolute Gasteiger partial charge is 0.198 e. The van der Waals surface area contributed by atoms with Gasteiger partial charge in [0.05, 0.1) is 0 Å². The zero-order chi connectivity index (χ0) is 19.7. The zero-order valence-corrected chi connectivity index (χ0v) is 17.7. The summed E-state index contributed by atoms with van der Waals surface area (Å²) in [6.07, 6.45) is 9.85. The number of unbranched alkanes of at least 4 members (excludes halogenated alkanes) is 1. The Hall–Kier alpha value is -1.74. The maximum absolute atomic E-state index is 14.7. The van der Waals surface area contributed by atoms with Gasteiger partial charge in [0.25, 0.3) is 0 Å². The first kappa shape index (κ1) is 19.6. The molecule has 1 aromatic heterocycles. The molecule has 0 aliphatic heterocycles. The number of aryl methyl sites for hydroxylation is 1. The Morgan fingerprint density at radius 2 is 1.75 bits per heavy atom. The fourth-order valence-electron chi connectivity index (χ4n) is 4.83. The number of hydrogen-bond donors (Lipinski definition) is 0. The number of rotatable bonds is 5. The Bertz CT molecular complexity index is 1040. The first-order valence-electron chi connectivity index (χ1n) is 10.8. The maximum atomic E-state index is 14.7. The largest absolute Gasteiger partial charge is 0.441 e. The monoisotopic (exact) mass is 396 g/mol. The molecular formula is C25H29FOS. The highest BCUT2D eigenvalue weighted by Gasteiger charge is 2.22. The van der Waals surface area contributed by atoms with E-state index in [2.05, 4.69) is 25.1 Å². The summed E-state index contributed by atoms with van der Waals surface area (Å²) >= 11 is 5.51. The van der Waals surface area contributed by atoms with E-state index in [1.54, 1.807) is 0 Å². The molecule has 1 aliphatic rings. The minimum Gasteiger partial charge on any atom is -0.441 e. The molecule has 0 unspecified atom stereocenters. The van der Waals surface area contributed by atoms with Gasteiger partial charge < -0.3 is 4.42 Å². The van der Waals surface area contributed by atoms with Gasteiger partial charge in [0, 0.05) is 10.8 Å². The van der Waals surface area contributed by atoms with E-state index in [0.717, 1.165) is 22.1 Å². The van der Waals surface area contributed by atoms with Crippen molar-refractivity contribution in [2.75, 3.05) is 0 Å². The molecule has 1 saturated carbocycles. The fourth-order valence-corrected chi connectivity index (χ4v) is 5.08. The predicted octanol–water partition coefficient (Wildman–Crippen LogP) is 8.48. The van der Waals surface area contributed by atoms with E-state index in [-0.39, 0.29) is 5.82 Å². The number of fused-ring (bicyclic) bond motifs is 3. The van der Waals surface area contributed by atoms with Gasteiger partial charge in [-0.2, -0.15) is 0 Å². The van der Waals surface area contributed by atoms with Crippen molar-refractivity contribution < 1.29 is 8.81 Å². The van der Waals surface area contributed by atoms with Gasteiger partial charge >= 0.3 is 0 Å². The molecule has 1 fully saturated rings. The van der Waals surface area contributed by atoms with Gasteiger partial charge in [-0.15, -0.1) is 0 Å². The van der Waals surface area contributed by atoms with E-state index in [1.807, 2.05) is 19.1 Å². The standard InChI is InChI=1S/C25H29FOS/c1-3-5-6-16-7-9-18(10-8-16)19-12-13-20-21-14-11-17(4-2)23(26)24(21)27-25(28)22(20)15-19/h11-16,18H,3-10H2,1-2H3. The van der Waals surface area contributed by atoms with Crippen LogP contribution in [0.3, 0.4) is 0 Å². The molecule has 0 radical (unpaired) electrons. The van der Waals surface area contributed by atoms with Crippen molar-refractivity contribution in [1.29, 1.82) is 0 Å². The lowest BCUT2D eigenvalue weighted by molar-refractivity contribution is 0.304. The molecule has 0 spiro atoms. The molecular weight excluding hydrogens is 367 g/mol. The summed E-state index contributed by atoms with van der Waals surface area (Å²) in [6, 6.07) is 10.4. The van der Waals surface area contributed by atoms with Gasteiger partial charge in [0.1, 0.15) is 0 Å². The summed E-state index contributed by atoms with van der Waals surface area (Å²) in [5.41, 5.74) is 2.32. The van der Waals surface area contributed by atoms with Crippen LogP contribution in [0.4, 0.5) is 4.39 Å². The van der Waals surface area contributed by atoms with Crippen LogP contribution >= 0.6 is 12.2 Å². The minimum atomic E-state index is -0.275. The third-order valence-corrected chi connectivity index (χ3v) is 6.89. The second-order valence-electron chi connectivity index (χ2n) is 8.32. The van der Waals surface area contributed by atoms with E-state index < -0.39 is 0 Å². The molecule has 28 heavy (non-hydrogen) atoms. The molecule has 0 saturated heterocycles. The Labute approximate surface area is 171 Å². The fraction of sp³-hybridized carbons (Fsp3) is 0.480. The van der Waals surface area contributed by atoms with Gasteiger partial charge in [0.2, 0.25) is 0 Å². The SMILES string of the molecule is CCCCC1CCC(c2ccc3c(c2)c(=S)oc2c(F)c(CC)ccc23)CC1. The topological polar surface area (TPSA) is 13.1 Å². The average Bonchev–Trinajstić information content (AvgIpc) is 2.73. The minimum absolute atomic E-state index is 0.275. The van der Waals surface area contributed by atoms with Crippen molar-refractivity contribution in [2.45, 2.75) is 71.1 Å². The van der Waals surface area contributed by atoms with Crippen LogP contribution in [0.5, 0.6) is 0 Å². The van der Waals surface area contributed by atoms with E-state index in [4.69, 9.17) is 16.6 Å². The summed E-state index contributed by atoms with van der Waals surface area (Å²) in [5, 5.41) is 2.75. The third kappa shape index (κ3) is 3.61. The number of halogens is 1. The van der Waals surface area contributed by atoms with Gasteiger partial charge in [0.15, 0.2) is 16.1 Å². The first-order valence-corrected chi connectivity index (χ1v) is 11.2. The van der Waals surface area contributed by atoms with Crippen LogP contribution in [0, 0.1) is 16.4 Å². The van der Waals surface area contributed by atoms with E-state index in [0.29, 0.717) is 28.2 Å². The molecule has 1 aliphatic carbocycles. The second-order valence-corrected chi connectivity index (χ2v) is 8.69. The quantitative estimate of drug-likeness (QED) is 0.317. The Morgan fingerprint density at radius 1 is 1.00 bits per heavy atom. The number of hydrogen-bond acceptors (Lipinski definition) is 2. The molecule has 3 heteroatoms. The Balaban J connectivity index is 1.68. The summed E-state index contributed by atoms with van der Waals surface area (Å²) in [5.74, 6) is 1.23. The first-order chi connectivity index (χ1) is 13.6. The van der Waals surface area contributed by atoms with Gasteiger partial charge in [-0.1, -0.05) is 57.4 Å². The highest BCUT2D eigenvalue weighted by Crippen LogP contribution is 2.39. The highest BCUT2D eigenvalue weighted by molar-refractivity contribution is 7.71. The van der Waals surface area contributed by atoms with Gasteiger partial charge in [-0.25, -0.2) is 4.39 Å². The number of benzene rings is 2. The normalized spacial score (nSPS) is 20.1. The van der Waals surface area contributed by atoms with Crippen LogP contribution in [0.2, 0.25) is 0 Å². The predicted molar refractivity (Wildman–Crippen MR) is 118 cm³/mol. The second kappa shape index (κ2) is 8.32. The van der Waals surface area contributed by atoms with Crippen molar-refractivity contribution in [1.82, 2.24) is 0 Å². The molecule has 1 heterocycles. The van der Waals surface area contributed by atoms with Crippen LogP contribution in [-0.2, 0) is 6.42 Å². The molecule has 0 N–H and O–H groups in total. The summed E-state index contributed by atoms with van der Waals surface area (Å²) in [6.45, 7) is 4.22. The average molecular weight is 397 g/mol. The summed E-state index contributed by atoms with van der Waals surface area (Å²) < 4.78 is 20.9. The van der Waals surface area contributed by atoms with Crippen molar-refractivity contribution in [2.24, 2.45) is 5.92 Å². The summed E-state index contributed by atoms with van der Waals surface area (Å²) in [7, 11) is 0. The third-order valence-electron chi connectivity index (χ3n) is 6.59. The zero-order valence-electron chi connectivity index (χ0n) is 16.9. The molecule has 148 valence electrons. The molecule has 0 amide bonds. The van der Waals surface area contributed by atoms with Crippen LogP contribution < -0.4 is 0 Å². The van der Waals surface area contributed by atoms with Crippen molar-refractivity contribution in [3.63, 3.8) is 0 Å². The lowest BCUT2D eigenvalue weighted by Gasteiger charge is -2.29. The van der Waals surface area contributed by atoms with E-state index >= 15 is 0 Å². The van der Waals surface area contributed by atoms with Crippen molar-refractivity contribution in [3.05, 3.63) is 52.0 Å². The highest BCUT2D eigenvalue weighted by atomic mass is 32.1. The molecule has 1 nitrogen and oxygen atoms in total. The summed E-state index contributed by atoms with van der Waals surface area (Å²) in [4.78, 5) is 0. The van der Waals surface area contributed by atoms with Crippen molar-refractivity contribution in [3.8, 4) is 0 Å². The molecule has 0 atom stereocenters. The van der Waals surface area contributed by atoms with Crippen molar-refractivity contribution >= 4 is 34.0 Å². The van der Waals surface area contributed by atoms with Crippen LogP contribution in [0.25, 0.3) is 21.7 Å². The maximum Gasteiger partial charge on any atom is 0.198 e. The molecule has 4 rings (SSSR count). The van der Waals surface area contributed by atoms with Crippen LogP contribution in [0.1, 0.15) is 75.8 Å². The van der Waals surface area contributed by atoms with Crippen LogP contribution in [0.15, 0.2) is 34.7 Å². The lowest BCUT2D eigenvalue weighted by atomic mass is 9.77. The van der Waals surface area contributed by atoms with Crippen LogP contribution in [-0.4, -0.2) is 0 Å². The molecule has 3 aromatic rings. The van der Waals surface area contributed by atoms with Gasteiger partial charge in [-0.05, 0) is 78.7 Å². The molecule has 0 bridgehead atoms. The Kier molecular flexibility index (Phi) is 5.82. The lowest BCUT2D eigenvalue weighted by Crippen LogP contribution is -2.13. The molecule has 2 aromatic carbocycles.